The number of nitriles is 1. The highest BCUT2D eigenvalue weighted by Crippen LogP contribution is 2.46. The number of hydrogen-bond acceptors (Lipinski definition) is 4. The standard InChI is InChI=1S/C18H10Cl2F4N2O3/c19-13-4-12(5-14(20)6-13)17(9-26(28)29,18(22,23)24)7-16(27)10-1-2-15(21)11(3-10)8-25/h1-6H,7,9H2. The molecule has 2 aromatic rings. The number of carbonyl (C=O) groups excluding carboxylic acids is 1. The number of hydrogen-bond donors (Lipinski definition) is 0. The van der Waals surface area contributed by atoms with E-state index in [1.54, 1.807) is 0 Å². The molecule has 0 heterocycles. The number of carbonyl (C=O) groups is 1. The minimum atomic E-state index is -5.23. The molecule has 2 rings (SSSR count). The predicted octanol–water partition coefficient (Wildman–Crippen LogP) is 5.35. The molecule has 1 unspecified atom stereocenters. The van der Waals surface area contributed by atoms with Gasteiger partial charge in [0, 0.05) is 27.0 Å². The van der Waals surface area contributed by atoms with Crippen molar-refractivity contribution >= 4 is 29.0 Å². The number of rotatable bonds is 6. The largest absolute Gasteiger partial charge is 0.405 e. The van der Waals surface area contributed by atoms with Crippen molar-refractivity contribution in [1.82, 2.24) is 0 Å². The zero-order chi connectivity index (χ0) is 22.0. The highest BCUT2D eigenvalue weighted by molar-refractivity contribution is 6.34. The maximum absolute atomic E-state index is 14.1. The van der Waals surface area contributed by atoms with Crippen LogP contribution in [-0.4, -0.2) is 23.4 Å². The van der Waals surface area contributed by atoms with Crippen molar-refractivity contribution in [2.45, 2.75) is 18.0 Å². The molecule has 0 radical (unpaired) electrons. The maximum atomic E-state index is 14.1. The van der Waals surface area contributed by atoms with E-state index in [1.807, 2.05) is 0 Å². The minimum Gasteiger partial charge on any atom is -0.294 e. The second-order valence-corrected chi connectivity index (χ2v) is 7.01. The topological polar surface area (TPSA) is 84.0 Å². The van der Waals surface area contributed by atoms with Gasteiger partial charge in [0.1, 0.15) is 11.9 Å². The van der Waals surface area contributed by atoms with Crippen LogP contribution in [0.3, 0.4) is 0 Å². The first-order valence-electron chi connectivity index (χ1n) is 7.77. The number of nitro groups is 1. The lowest BCUT2D eigenvalue weighted by Crippen LogP contribution is -2.49. The van der Waals surface area contributed by atoms with Crippen molar-refractivity contribution < 1.29 is 27.3 Å². The molecule has 0 spiro atoms. The lowest BCUT2D eigenvalue weighted by molar-refractivity contribution is -0.501. The minimum absolute atomic E-state index is 0.203. The van der Waals surface area contributed by atoms with Crippen molar-refractivity contribution in [3.63, 3.8) is 0 Å². The van der Waals surface area contributed by atoms with Crippen molar-refractivity contribution in [3.05, 3.63) is 79.1 Å². The van der Waals surface area contributed by atoms with Gasteiger partial charge in [-0.25, -0.2) is 4.39 Å². The molecule has 0 bridgehead atoms. The Morgan fingerprint density at radius 3 is 2.21 bits per heavy atom. The smallest absolute Gasteiger partial charge is 0.294 e. The zero-order valence-electron chi connectivity index (χ0n) is 14.3. The summed E-state index contributed by atoms with van der Waals surface area (Å²) in [4.78, 5) is 22.5. The fourth-order valence-corrected chi connectivity index (χ4v) is 3.34. The van der Waals surface area contributed by atoms with Gasteiger partial charge in [-0.1, -0.05) is 23.2 Å². The van der Waals surface area contributed by atoms with Gasteiger partial charge in [0.25, 0.3) is 0 Å². The van der Waals surface area contributed by atoms with E-state index in [9.17, 15) is 32.5 Å². The van der Waals surface area contributed by atoms with E-state index in [4.69, 9.17) is 28.5 Å². The van der Waals surface area contributed by atoms with Gasteiger partial charge in [-0.2, -0.15) is 18.4 Å². The third-order valence-electron chi connectivity index (χ3n) is 4.23. The monoisotopic (exact) mass is 448 g/mol. The van der Waals surface area contributed by atoms with Crippen LogP contribution in [0.4, 0.5) is 17.6 Å². The summed E-state index contributed by atoms with van der Waals surface area (Å²) < 4.78 is 55.8. The molecule has 0 aliphatic carbocycles. The molecule has 11 heteroatoms. The molecule has 0 aliphatic heterocycles. The van der Waals surface area contributed by atoms with E-state index >= 15 is 0 Å². The number of Topliss-reactive ketones (excluding diaryl/α,β-unsaturated/α-hetero) is 1. The first kappa shape index (κ1) is 22.6. The number of nitrogens with zero attached hydrogens (tertiary/aromatic N) is 2. The summed E-state index contributed by atoms with van der Waals surface area (Å²) in [6.07, 6.45) is -6.60. The van der Waals surface area contributed by atoms with E-state index in [0.29, 0.717) is 0 Å². The second-order valence-electron chi connectivity index (χ2n) is 6.14. The molecule has 0 N–H and O–H groups in total. The summed E-state index contributed by atoms with van der Waals surface area (Å²) in [5, 5.41) is 19.5. The van der Waals surface area contributed by atoms with E-state index in [2.05, 4.69) is 0 Å². The van der Waals surface area contributed by atoms with Crippen LogP contribution in [0.1, 0.15) is 27.9 Å². The molecule has 0 amide bonds. The van der Waals surface area contributed by atoms with Crippen LogP contribution in [0.2, 0.25) is 10.0 Å². The van der Waals surface area contributed by atoms with E-state index < -0.39 is 57.8 Å². The van der Waals surface area contributed by atoms with Crippen LogP contribution in [-0.2, 0) is 5.41 Å². The SMILES string of the molecule is N#Cc1cc(C(=O)CC(C[N+](=O)[O-])(c2cc(Cl)cc(Cl)c2)C(F)(F)F)ccc1F. The third kappa shape index (κ3) is 4.83. The van der Waals surface area contributed by atoms with Gasteiger partial charge in [-0.05, 0) is 42.0 Å². The number of halogens is 6. The van der Waals surface area contributed by atoms with Gasteiger partial charge in [-0.15, -0.1) is 0 Å². The van der Waals surface area contributed by atoms with Crippen molar-refractivity contribution in [3.8, 4) is 6.07 Å². The molecule has 1 atom stereocenters. The maximum Gasteiger partial charge on any atom is 0.405 e. The highest BCUT2D eigenvalue weighted by Gasteiger charge is 2.60. The average molecular weight is 449 g/mol. The molecular formula is C18H10Cl2F4N2O3. The summed E-state index contributed by atoms with van der Waals surface area (Å²) in [5.41, 5.74) is -4.85. The summed E-state index contributed by atoms with van der Waals surface area (Å²) >= 11 is 11.5. The normalized spacial score (nSPS) is 13.4. The quantitative estimate of drug-likeness (QED) is 0.258. The number of alkyl halides is 3. The van der Waals surface area contributed by atoms with Gasteiger partial charge in [-0.3, -0.25) is 14.9 Å². The Bertz CT molecular complexity index is 1000. The molecular weight excluding hydrogens is 439 g/mol. The molecule has 0 aliphatic rings. The van der Waals surface area contributed by atoms with E-state index in [1.165, 1.54) is 6.07 Å². The lowest BCUT2D eigenvalue weighted by Gasteiger charge is -2.32. The molecule has 0 saturated carbocycles. The molecule has 0 aromatic heterocycles. The molecule has 152 valence electrons. The van der Waals surface area contributed by atoms with Gasteiger partial charge in [0.2, 0.25) is 6.54 Å². The van der Waals surface area contributed by atoms with E-state index in [0.717, 1.165) is 36.4 Å². The Hall–Kier alpha value is -2.70. The average Bonchev–Trinajstić information content (AvgIpc) is 2.59. The van der Waals surface area contributed by atoms with Crippen molar-refractivity contribution in [2.75, 3.05) is 6.54 Å². The van der Waals surface area contributed by atoms with Crippen LogP contribution in [0, 0.1) is 27.3 Å². The summed E-state index contributed by atoms with van der Waals surface area (Å²) in [6, 6.07) is 6.75. The van der Waals surface area contributed by atoms with Crippen LogP contribution >= 0.6 is 23.2 Å². The Balaban J connectivity index is 2.65. The van der Waals surface area contributed by atoms with Crippen LogP contribution in [0.25, 0.3) is 0 Å². The fraction of sp³-hybridized carbons (Fsp3) is 0.222. The molecule has 29 heavy (non-hydrogen) atoms. The molecule has 0 saturated heterocycles. The van der Waals surface area contributed by atoms with Gasteiger partial charge < -0.3 is 0 Å². The Kier molecular flexibility index (Phi) is 6.50. The number of benzene rings is 2. The third-order valence-corrected chi connectivity index (χ3v) is 4.66. The first-order chi connectivity index (χ1) is 13.4. The van der Waals surface area contributed by atoms with Crippen molar-refractivity contribution in [2.24, 2.45) is 0 Å². The molecule has 0 fully saturated rings. The Labute approximate surface area is 171 Å². The first-order valence-corrected chi connectivity index (χ1v) is 8.53. The molecule has 2 aromatic carbocycles. The summed E-state index contributed by atoms with van der Waals surface area (Å²) in [5.74, 6) is -2.13. The number of ketones is 1. The van der Waals surface area contributed by atoms with E-state index in [-0.39, 0.29) is 10.0 Å². The predicted molar refractivity (Wildman–Crippen MR) is 96.1 cm³/mol. The Morgan fingerprint density at radius 1 is 1.14 bits per heavy atom. The van der Waals surface area contributed by atoms with Crippen LogP contribution in [0.15, 0.2) is 36.4 Å². The van der Waals surface area contributed by atoms with Gasteiger partial charge >= 0.3 is 6.18 Å². The Morgan fingerprint density at radius 2 is 1.72 bits per heavy atom. The highest BCUT2D eigenvalue weighted by atomic mass is 35.5. The van der Waals surface area contributed by atoms with Gasteiger partial charge in [0.15, 0.2) is 11.2 Å². The van der Waals surface area contributed by atoms with Gasteiger partial charge in [0.05, 0.1) is 5.56 Å². The lowest BCUT2D eigenvalue weighted by atomic mass is 9.74. The van der Waals surface area contributed by atoms with Crippen LogP contribution in [0.5, 0.6) is 0 Å². The fourth-order valence-electron chi connectivity index (χ4n) is 2.81. The van der Waals surface area contributed by atoms with Crippen molar-refractivity contribution in [1.29, 1.82) is 5.26 Å². The summed E-state index contributed by atoms with van der Waals surface area (Å²) in [6.45, 7) is -1.66. The van der Waals surface area contributed by atoms with Crippen LogP contribution < -0.4 is 0 Å². The molecule has 5 nitrogen and oxygen atoms in total. The second kappa shape index (κ2) is 8.35. The zero-order valence-corrected chi connectivity index (χ0v) is 15.8. The summed E-state index contributed by atoms with van der Waals surface area (Å²) in [7, 11) is 0.